The first kappa shape index (κ1) is 14.7. The van der Waals surface area contributed by atoms with Crippen molar-refractivity contribution in [3.8, 4) is 0 Å². The first-order chi connectivity index (χ1) is 9.63. The van der Waals surface area contributed by atoms with Crippen LogP contribution in [0.5, 0.6) is 0 Å². The molecule has 116 valence electrons. The third-order valence-electron chi connectivity index (χ3n) is 4.31. The lowest BCUT2D eigenvalue weighted by Gasteiger charge is -2.36. The van der Waals surface area contributed by atoms with Gasteiger partial charge in [-0.3, -0.25) is 0 Å². The van der Waals surface area contributed by atoms with E-state index in [0.29, 0.717) is 12.8 Å². The van der Waals surface area contributed by atoms with Crippen molar-refractivity contribution in [2.45, 2.75) is 48.0 Å². The summed E-state index contributed by atoms with van der Waals surface area (Å²) in [4.78, 5) is 6.46. The Hall–Kier alpha value is -1.22. The molecule has 2 unspecified atom stereocenters. The molecule has 9 heteroatoms. The first-order valence-corrected chi connectivity index (χ1v) is 8.09. The zero-order chi connectivity index (χ0) is 15.5. The minimum absolute atomic E-state index is 0.0133. The van der Waals surface area contributed by atoms with Gasteiger partial charge in [0.2, 0.25) is 5.82 Å². The molecule has 21 heavy (non-hydrogen) atoms. The van der Waals surface area contributed by atoms with E-state index in [1.165, 1.54) is 0 Å². The average molecular weight is 322 g/mol. The fraction of sp³-hybridized carbons (Fsp3) is 0.667. The molecule has 2 atom stereocenters. The quantitative estimate of drug-likeness (QED) is 0.846. The molecule has 0 aliphatic carbocycles. The number of sulfone groups is 1. The Morgan fingerprint density at radius 2 is 1.62 bits per heavy atom. The van der Waals surface area contributed by atoms with Gasteiger partial charge in [-0.25, -0.2) is 18.4 Å². The van der Waals surface area contributed by atoms with E-state index in [0.717, 1.165) is 12.4 Å². The van der Waals surface area contributed by atoms with Crippen LogP contribution in [0.3, 0.4) is 0 Å². The highest BCUT2D eigenvalue weighted by Gasteiger charge is 2.53. The molecule has 5 nitrogen and oxygen atoms in total. The van der Waals surface area contributed by atoms with Gasteiger partial charge in [-0.2, -0.15) is 13.2 Å². The molecule has 3 rings (SSSR count). The Morgan fingerprint density at radius 3 is 2.05 bits per heavy atom. The number of alkyl halides is 3. The van der Waals surface area contributed by atoms with Gasteiger partial charge in [0.15, 0.2) is 9.84 Å². The highest BCUT2D eigenvalue weighted by molar-refractivity contribution is 7.93. The lowest BCUT2D eigenvalue weighted by molar-refractivity contribution is -0.145. The van der Waals surface area contributed by atoms with Crippen molar-refractivity contribution in [2.75, 3.05) is 0 Å². The van der Waals surface area contributed by atoms with Crippen LogP contribution in [0.2, 0.25) is 0 Å². The number of rotatable bonds is 1. The number of nitrogens with zero attached hydrogens (tertiary/aromatic N) is 2. The highest BCUT2D eigenvalue weighted by atomic mass is 32.2. The molecular weight excluding hydrogens is 309 g/mol. The summed E-state index contributed by atoms with van der Waals surface area (Å²) in [5.74, 6) is -1.28. The van der Waals surface area contributed by atoms with Gasteiger partial charge in [0.25, 0.3) is 0 Å². The average Bonchev–Trinajstić information content (AvgIpc) is 2.58. The Balaban J connectivity index is 1.91. The summed E-state index contributed by atoms with van der Waals surface area (Å²) in [7, 11) is -3.22. The minimum atomic E-state index is -4.64. The summed E-state index contributed by atoms with van der Waals surface area (Å²) in [5, 5.41) is 9.35. The van der Waals surface area contributed by atoms with Gasteiger partial charge in [0, 0.05) is 18.0 Å². The van der Waals surface area contributed by atoms with Crippen LogP contribution in [-0.4, -0.2) is 34.0 Å². The lowest BCUT2D eigenvalue weighted by atomic mass is 9.88. The predicted molar refractivity (Wildman–Crippen MR) is 65.9 cm³/mol. The third kappa shape index (κ3) is 2.32. The smallest absolute Gasteiger partial charge is 0.385 e. The number of aromatic nitrogens is 2. The second kappa shape index (κ2) is 4.39. The highest BCUT2D eigenvalue weighted by Crippen LogP contribution is 2.47. The van der Waals surface area contributed by atoms with Crippen molar-refractivity contribution in [3.63, 3.8) is 0 Å². The zero-order valence-corrected chi connectivity index (χ0v) is 11.7. The van der Waals surface area contributed by atoms with Gasteiger partial charge < -0.3 is 5.11 Å². The van der Waals surface area contributed by atoms with E-state index >= 15 is 0 Å². The molecular formula is C12H13F3N2O3S. The molecule has 1 N–H and O–H groups in total. The molecule has 2 saturated heterocycles. The van der Waals surface area contributed by atoms with Crippen molar-refractivity contribution in [2.24, 2.45) is 0 Å². The third-order valence-corrected chi connectivity index (χ3v) is 6.98. The number of halogens is 3. The minimum Gasteiger partial charge on any atom is -0.385 e. The van der Waals surface area contributed by atoms with Crippen LogP contribution in [0.4, 0.5) is 13.2 Å². The van der Waals surface area contributed by atoms with Crippen molar-refractivity contribution >= 4 is 9.84 Å². The standard InChI is InChI=1S/C12H13F3N2O3S/c13-12(14,15)10-16-5-7(6-17-10)11(18)3-8-1-2-9(4-11)21(8,19)20/h5-6,8-9,18H,1-4H2. The van der Waals surface area contributed by atoms with Gasteiger partial charge in [-0.1, -0.05) is 0 Å². The van der Waals surface area contributed by atoms with Crippen molar-refractivity contribution in [1.29, 1.82) is 0 Å². The fourth-order valence-corrected chi connectivity index (χ4v) is 5.69. The van der Waals surface area contributed by atoms with Crippen LogP contribution in [0.15, 0.2) is 12.4 Å². The zero-order valence-electron chi connectivity index (χ0n) is 10.8. The van der Waals surface area contributed by atoms with E-state index < -0.39 is 37.9 Å². The largest absolute Gasteiger partial charge is 0.451 e. The molecule has 2 aliphatic rings. The Kier molecular flexibility index (Phi) is 3.07. The summed E-state index contributed by atoms with van der Waals surface area (Å²) >= 11 is 0. The topological polar surface area (TPSA) is 80.2 Å². The molecule has 2 fully saturated rings. The second-order valence-electron chi connectivity index (χ2n) is 5.64. The maximum absolute atomic E-state index is 12.4. The molecule has 0 radical (unpaired) electrons. The van der Waals surface area contributed by atoms with E-state index in [1.54, 1.807) is 0 Å². The Labute approximate surface area is 119 Å². The maximum Gasteiger partial charge on any atom is 0.451 e. The van der Waals surface area contributed by atoms with E-state index in [1.807, 2.05) is 0 Å². The lowest BCUT2D eigenvalue weighted by Crippen LogP contribution is -2.43. The van der Waals surface area contributed by atoms with Gasteiger partial charge >= 0.3 is 6.18 Å². The Bertz CT molecular complexity index is 637. The normalized spacial score (nSPS) is 34.9. The maximum atomic E-state index is 12.4. The second-order valence-corrected chi connectivity index (χ2v) is 8.15. The predicted octanol–water partition coefficient (Wildman–Crippen LogP) is 1.42. The molecule has 3 heterocycles. The van der Waals surface area contributed by atoms with E-state index in [2.05, 4.69) is 9.97 Å². The number of aliphatic hydroxyl groups is 1. The summed E-state index contributed by atoms with van der Waals surface area (Å²) in [6.07, 6.45) is -1.83. The summed E-state index contributed by atoms with van der Waals surface area (Å²) in [6, 6.07) is 0. The van der Waals surface area contributed by atoms with E-state index in [9.17, 15) is 26.7 Å². The van der Waals surface area contributed by atoms with Crippen molar-refractivity contribution in [1.82, 2.24) is 9.97 Å². The van der Waals surface area contributed by atoms with Crippen LogP contribution in [0.1, 0.15) is 37.1 Å². The summed E-state index contributed by atoms with van der Waals surface area (Å²) in [6.45, 7) is 0. The number of hydrogen-bond donors (Lipinski definition) is 1. The first-order valence-electron chi connectivity index (χ1n) is 6.48. The molecule has 1 aromatic heterocycles. The van der Waals surface area contributed by atoms with E-state index in [-0.39, 0.29) is 18.4 Å². The molecule has 0 saturated carbocycles. The fourth-order valence-electron chi connectivity index (χ4n) is 3.20. The van der Waals surface area contributed by atoms with Crippen molar-refractivity contribution in [3.05, 3.63) is 23.8 Å². The van der Waals surface area contributed by atoms with Crippen molar-refractivity contribution < 1.29 is 26.7 Å². The molecule has 1 aromatic rings. The van der Waals surface area contributed by atoms with Crippen LogP contribution >= 0.6 is 0 Å². The number of hydrogen-bond acceptors (Lipinski definition) is 5. The molecule has 0 amide bonds. The summed E-state index contributed by atoms with van der Waals surface area (Å²) < 4.78 is 61.3. The summed E-state index contributed by atoms with van der Waals surface area (Å²) in [5.41, 5.74) is -1.33. The van der Waals surface area contributed by atoms with Crippen LogP contribution < -0.4 is 0 Å². The van der Waals surface area contributed by atoms with Crippen LogP contribution in [-0.2, 0) is 21.6 Å². The molecule has 2 aliphatic heterocycles. The van der Waals surface area contributed by atoms with Gasteiger partial charge in [0.05, 0.1) is 16.1 Å². The molecule has 2 bridgehead atoms. The van der Waals surface area contributed by atoms with E-state index in [4.69, 9.17) is 0 Å². The Morgan fingerprint density at radius 1 is 1.14 bits per heavy atom. The van der Waals surface area contributed by atoms with Gasteiger partial charge in [0.1, 0.15) is 0 Å². The van der Waals surface area contributed by atoms with Gasteiger partial charge in [-0.15, -0.1) is 0 Å². The number of fused-ring (bicyclic) bond motifs is 2. The monoisotopic (exact) mass is 322 g/mol. The van der Waals surface area contributed by atoms with Crippen LogP contribution in [0, 0.1) is 0 Å². The molecule has 0 aromatic carbocycles. The van der Waals surface area contributed by atoms with Crippen LogP contribution in [0.25, 0.3) is 0 Å². The SMILES string of the molecule is O=S1(=O)C2CCC1CC(O)(c1cnc(C(F)(F)F)nc1)C2. The molecule has 0 spiro atoms. The van der Waals surface area contributed by atoms with Gasteiger partial charge in [-0.05, 0) is 25.7 Å².